The number of nitrogen functional groups attached to an aromatic ring is 1. The number of alkyl halides is 1. The molecule has 0 radical (unpaired) electrons. The minimum Gasteiger partial charge on any atom is -0.497 e. The maximum Gasteiger partial charge on any atom is 0.340 e. The molecule has 152 valence electrons. The summed E-state index contributed by atoms with van der Waals surface area (Å²) in [7, 11) is 2.90. The number of hydrogen-bond acceptors (Lipinski definition) is 7. The summed E-state index contributed by atoms with van der Waals surface area (Å²) >= 11 is 5.61. The minimum absolute atomic E-state index is 0.103. The topological polar surface area (TPSA) is 100 Å². The standard InChI is InChI=1S/C20H24ClNO6/c1-25-15-10-16(19(22)18(11-15)26-2)20(24)28-12-17(23)13-4-6-14(7-5-13)27-9-3-8-21/h4-7,10-11,17,23H,3,8-9,12,22H2,1-2H3. The molecule has 3 N–H and O–H groups in total. The lowest BCUT2D eigenvalue weighted by Gasteiger charge is -2.15. The van der Waals surface area contributed by atoms with Gasteiger partial charge in [0.1, 0.15) is 30.0 Å². The average Bonchev–Trinajstić information content (AvgIpc) is 2.72. The summed E-state index contributed by atoms with van der Waals surface area (Å²) in [5.41, 5.74) is 6.77. The van der Waals surface area contributed by atoms with Crippen molar-refractivity contribution in [2.75, 3.05) is 39.0 Å². The summed E-state index contributed by atoms with van der Waals surface area (Å²) in [5.74, 6) is 1.23. The number of methoxy groups -OCH3 is 2. The van der Waals surface area contributed by atoms with Crippen molar-refractivity contribution in [1.29, 1.82) is 0 Å². The van der Waals surface area contributed by atoms with E-state index in [9.17, 15) is 9.90 Å². The largest absolute Gasteiger partial charge is 0.497 e. The van der Waals surface area contributed by atoms with Crippen LogP contribution in [0, 0.1) is 0 Å². The average molecular weight is 410 g/mol. The molecular formula is C20H24ClNO6. The molecule has 0 aliphatic rings. The van der Waals surface area contributed by atoms with Crippen LogP contribution in [0.15, 0.2) is 36.4 Å². The third-order valence-corrected chi connectivity index (χ3v) is 4.24. The summed E-state index contributed by atoms with van der Waals surface area (Å²) in [4.78, 5) is 12.4. The zero-order valence-corrected chi connectivity index (χ0v) is 16.6. The lowest BCUT2D eigenvalue weighted by Crippen LogP contribution is -2.14. The van der Waals surface area contributed by atoms with Crippen LogP contribution in [0.4, 0.5) is 5.69 Å². The van der Waals surface area contributed by atoms with E-state index in [-0.39, 0.29) is 17.9 Å². The number of hydrogen-bond donors (Lipinski definition) is 2. The molecule has 0 fully saturated rings. The predicted octanol–water partition coefficient (Wildman–Crippen LogP) is 3.18. The van der Waals surface area contributed by atoms with Crippen LogP contribution in [0.1, 0.15) is 28.4 Å². The molecule has 0 aliphatic carbocycles. The Hall–Kier alpha value is -2.64. The Labute approximate surface area is 168 Å². The number of aliphatic hydroxyl groups is 1. The van der Waals surface area contributed by atoms with Crippen molar-refractivity contribution in [3.8, 4) is 17.2 Å². The van der Waals surface area contributed by atoms with Crippen molar-refractivity contribution < 1.29 is 28.8 Å². The molecule has 0 saturated heterocycles. The van der Waals surface area contributed by atoms with Gasteiger partial charge in [0.05, 0.1) is 32.1 Å². The van der Waals surface area contributed by atoms with E-state index in [2.05, 4.69) is 0 Å². The van der Waals surface area contributed by atoms with Crippen LogP contribution in [-0.4, -0.2) is 44.4 Å². The molecule has 28 heavy (non-hydrogen) atoms. The van der Waals surface area contributed by atoms with Crippen LogP contribution in [0.2, 0.25) is 0 Å². The number of anilines is 1. The third kappa shape index (κ3) is 5.68. The van der Waals surface area contributed by atoms with Crippen molar-refractivity contribution in [3.05, 3.63) is 47.5 Å². The number of carbonyl (C=O) groups is 1. The second-order valence-electron chi connectivity index (χ2n) is 5.87. The summed E-state index contributed by atoms with van der Waals surface area (Å²) in [6.45, 7) is 0.290. The molecule has 2 rings (SSSR count). The molecule has 7 nitrogen and oxygen atoms in total. The molecule has 0 spiro atoms. The van der Waals surface area contributed by atoms with E-state index in [1.165, 1.54) is 20.3 Å². The number of ether oxygens (including phenoxy) is 4. The summed E-state index contributed by atoms with van der Waals surface area (Å²) in [6.07, 6.45) is -0.241. The molecule has 0 aromatic heterocycles. The SMILES string of the molecule is COc1cc(OC)c(N)c(C(=O)OCC(O)c2ccc(OCCCCl)cc2)c1. The van der Waals surface area contributed by atoms with Gasteiger partial charge in [-0.05, 0) is 30.2 Å². The monoisotopic (exact) mass is 409 g/mol. The van der Waals surface area contributed by atoms with E-state index in [1.54, 1.807) is 30.3 Å². The molecule has 0 heterocycles. The summed E-state index contributed by atoms with van der Waals surface area (Å²) < 4.78 is 21.0. The highest BCUT2D eigenvalue weighted by Gasteiger charge is 2.19. The maximum atomic E-state index is 12.4. The summed E-state index contributed by atoms with van der Waals surface area (Å²) in [6, 6.07) is 9.91. The Bertz CT molecular complexity index is 781. The normalized spacial score (nSPS) is 11.6. The first-order valence-electron chi connectivity index (χ1n) is 8.65. The van der Waals surface area contributed by atoms with Gasteiger partial charge >= 0.3 is 5.97 Å². The second kappa shape index (κ2) is 10.6. The van der Waals surface area contributed by atoms with E-state index in [1.807, 2.05) is 0 Å². The number of nitrogens with two attached hydrogens (primary N) is 1. The second-order valence-corrected chi connectivity index (χ2v) is 6.24. The van der Waals surface area contributed by atoms with E-state index in [0.29, 0.717) is 35.3 Å². The first kappa shape index (κ1) is 21.7. The minimum atomic E-state index is -0.991. The van der Waals surface area contributed by atoms with Gasteiger partial charge in [0, 0.05) is 11.9 Å². The Balaban J connectivity index is 1.99. The lowest BCUT2D eigenvalue weighted by atomic mass is 10.1. The number of benzene rings is 2. The number of rotatable bonds is 10. The molecule has 1 unspecified atom stereocenters. The highest BCUT2D eigenvalue weighted by atomic mass is 35.5. The third-order valence-electron chi connectivity index (χ3n) is 3.97. The molecule has 0 saturated carbocycles. The fourth-order valence-electron chi connectivity index (χ4n) is 2.42. The number of halogens is 1. The molecule has 8 heteroatoms. The molecule has 0 bridgehead atoms. The zero-order valence-electron chi connectivity index (χ0n) is 15.8. The molecule has 2 aromatic carbocycles. The van der Waals surface area contributed by atoms with Crippen LogP contribution in [-0.2, 0) is 4.74 Å². The van der Waals surface area contributed by atoms with Gasteiger partial charge in [0.15, 0.2) is 0 Å². The van der Waals surface area contributed by atoms with Crippen molar-refractivity contribution in [2.24, 2.45) is 0 Å². The van der Waals surface area contributed by atoms with Gasteiger partial charge in [-0.3, -0.25) is 0 Å². The van der Waals surface area contributed by atoms with E-state index >= 15 is 0 Å². The Kier molecular flexibility index (Phi) is 8.22. The van der Waals surface area contributed by atoms with E-state index in [4.69, 9.17) is 36.3 Å². The lowest BCUT2D eigenvalue weighted by molar-refractivity contribution is 0.0254. The van der Waals surface area contributed by atoms with Gasteiger partial charge in [-0.15, -0.1) is 11.6 Å². The van der Waals surface area contributed by atoms with Gasteiger partial charge < -0.3 is 29.8 Å². The number of carbonyl (C=O) groups excluding carboxylic acids is 1. The van der Waals surface area contributed by atoms with Gasteiger partial charge in [-0.25, -0.2) is 4.79 Å². The van der Waals surface area contributed by atoms with Crippen molar-refractivity contribution >= 4 is 23.3 Å². The molecular weight excluding hydrogens is 386 g/mol. The van der Waals surface area contributed by atoms with Gasteiger partial charge in [0.25, 0.3) is 0 Å². The Morgan fingerprint density at radius 3 is 2.46 bits per heavy atom. The molecule has 2 aromatic rings. The van der Waals surface area contributed by atoms with Crippen LogP contribution in [0.25, 0.3) is 0 Å². The molecule has 1 atom stereocenters. The Morgan fingerprint density at radius 2 is 1.86 bits per heavy atom. The highest BCUT2D eigenvalue weighted by molar-refractivity contribution is 6.17. The fourth-order valence-corrected chi connectivity index (χ4v) is 2.53. The van der Waals surface area contributed by atoms with Gasteiger partial charge in [-0.2, -0.15) is 0 Å². The van der Waals surface area contributed by atoms with E-state index in [0.717, 1.165) is 6.42 Å². The number of esters is 1. The van der Waals surface area contributed by atoms with Crippen LogP contribution in [0.5, 0.6) is 17.2 Å². The fraction of sp³-hybridized carbons (Fsp3) is 0.350. The first-order valence-corrected chi connectivity index (χ1v) is 9.19. The van der Waals surface area contributed by atoms with Crippen LogP contribution < -0.4 is 19.9 Å². The molecule has 0 amide bonds. The zero-order chi connectivity index (χ0) is 20.5. The highest BCUT2D eigenvalue weighted by Crippen LogP contribution is 2.31. The van der Waals surface area contributed by atoms with Crippen molar-refractivity contribution in [3.63, 3.8) is 0 Å². The Morgan fingerprint density at radius 1 is 1.14 bits per heavy atom. The van der Waals surface area contributed by atoms with Crippen molar-refractivity contribution in [1.82, 2.24) is 0 Å². The number of aliphatic hydroxyl groups excluding tert-OH is 1. The van der Waals surface area contributed by atoms with Gasteiger partial charge in [0.2, 0.25) is 0 Å². The summed E-state index contributed by atoms with van der Waals surface area (Å²) in [5, 5.41) is 10.3. The maximum absolute atomic E-state index is 12.4. The quantitative estimate of drug-likeness (QED) is 0.269. The predicted molar refractivity (Wildman–Crippen MR) is 106 cm³/mol. The van der Waals surface area contributed by atoms with Crippen LogP contribution >= 0.6 is 11.6 Å². The van der Waals surface area contributed by atoms with E-state index < -0.39 is 12.1 Å². The molecule has 0 aliphatic heterocycles. The smallest absolute Gasteiger partial charge is 0.340 e. The van der Waals surface area contributed by atoms with Crippen molar-refractivity contribution in [2.45, 2.75) is 12.5 Å². The van der Waals surface area contributed by atoms with Crippen LogP contribution in [0.3, 0.4) is 0 Å². The van der Waals surface area contributed by atoms with Gasteiger partial charge in [-0.1, -0.05) is 12.1 Å². The first-order chi connectivity index (χ1) is 13.5.